The first-order valence-corrected chi connectivity index (χ1v) is 6.32. The Morgan fingerprint density at radius 3 is 2.65 bits per heavy atom. The van der Waals surface area contributed by atoms with Crippen molar-refractivity contribution in [2.45, 2.75) is 38.3 Å². The average molecular weight is 282 g/mol. The molecular weight excluding hydrogens is 266 g/mol. The summed E-state index contributed by atoms with van der Waals surface area (Å²) in [6.45, 7) is 2.41. The first-order valence-electron chi connectivity index (χ1n) is 6.32. The van der Waals surface area contributed by atoms with Crippen LogP contribution in [0.4, 0.5) is 8.78 Å². The van der Waals surface area contributed by atoms with Crippen molar-refractivity contribution in [3.05, 3.63) is 35.4 Å². The fraction of sp³-hybridized carbons (Fsp3) is 0.429. The van der Waals surface area contributed by atoms with E-state index in [0.29, 0.717) is 6.92 Å². The Kier molecular flexibility index (Phi) is 3.74. The lowest BCUT2D eigenvalue weighted by molar-refractivity contribution is -0.143. The monoisotopic (exact) mass is 282 g/mol. The Balaban J connectivity index is 2.22. The molecule has 0 radical (unpaired) electrons. The quantitative estimate of drug-likeness (QED) is 0.886. The van der Waals surface area contributed by atoms with Gasteiger partial charge in [-0.3, -0.25) is 9.59 Å². The maximum atomic E-state index is 13.0. The fourth-order valence-electron chi connectivity index (χ4n) is 2.31. The molecular formula is C14H16F2N2O2. The zero-order chi connectivity index (χ0) is 14.9. The number of carbonyl (C=O) groups is 2. The summed E-state index contributed by atoms with van der Waals surface area (Å²) in [5.41, 5.74) is 1.75. The standard InChI is InChI=1S/C14H16F2N2O2/c1-8-5-3-4-6-9(8)12-10(7-11(19)18-12)17-13(20)14(2,15)16/h3-6,10,12H,7H2,1-2H3,(H,17,20)(H,18,19)/t10-,12?/m0/s1. The molecule has 4 nitrogen and oxygen atoms in total. The van der Waals surface area contributed by atoms with Crippen molar-refractivity contribution in [2.75, 3.05) is 0 Å². The van der Waals surface area contributed by atoms with Crippen molar-refractivity contribution in [3.63, 3.8) is 0 Å². The number of rotatable bonds is 3. The second-order valence-electron chi connectivity index (χ2n) is 5.07. The predicted molar refractivity (Wildman–Crippen MR) is 69.2 cm³/mol. The average Bonchev–Trinajstić information content (AvgIpc) is 2.69. The van der Waals surface area contributed by atoms with Gasteiger partial charge < -0.3 is 10.6 Å². The topological polar surface area (TPSA) is 58.2 Å². The second-order valence-corrected chi connectivity index (χ2v) is 5.07. The fourth-order valence-corrected chi connectivity index (χ4v) is 2.31. The van der Waals surface area contributed by atoms with Crippen LogP contribution < -0.4 is 10.6 Å². The molecule has 0 spiro atoms. The molecule has 1 aromatic carbocycles. The molecule has 2 rings (SSSR count). The van der Waals surface area contributed by atoms with Gasteiger partial charge in [0.15, 0.2) is 0 Å². The van der Waals surface area contributed by atoms with Crippen molar-refractivity contribution >= 4 is 11.8 Å². The van der Waals surface area contributed by atoms with Crippen molar-refractivity contribution in [3.8, 4) is 0 Å². The summed E-state index contributed by atoms with van der Waals surface area (Å²) in [5.74, 6) is -5.08. The highest BCUT2D eigenvalue weighted by Crippen LogP contribution is 2.27. The molecule has 108 valence electrons. The van der Waals surface area contributed by atoms with Crippen LogP contribution in [0, 0.1) is 6.92 Å². The number of benzene rings is 1. The van der Waals surface area contributed by atoms with Gasteiger partial charge in [-0.2, -0.15) is 8.78 Å². The number of alkyl halides is 2. The van der Waals surface area contributed by atoms with Crippen molar-refractivity contribution in [2.24, 2.45) is 0 Å². The molecule has 6 heteroatoms. The van der Waals surface area contributed by atoms with E-state index in [9.17, 15) is 18.4 Å². The van der Waals surface area contributed by atoms with Crippen LogP contribution in [-0.2, 0) is 9.59 Å². The lowest BCUT2D eigenvalue weighted by Crippen LogP contribution is -2.45. The van der Waals surface area contributed by atoms with E-state index in [1.807, 2.05) is 25.1 Å². The number of amides is 2. The lowest BCUT2D eigenvalue weighted by Gasteiger charge is -2.23. The Hall–Kier alpha value is -1.98. The molecule has 0 bridgehead atoms. The van der Waals surface area contributed by atoms with Gasteiger partial charge in [-0.1, -0.05) is 24.3 Å². The summed E-state index contributed by atoms with van der Waals surface area (Å²) >= 11 is 0. The number of nitrogens with one attached hydrogen (secondary N) is 2. The molecule has 0 saturated carbocycles. The molecule has 1 unspecified atom stereocenters. The van der Waals surface area contributed by atoms with Crippen LogP contribution in [0.25, 0.3) is 0 Å². The van der Waals surface area contributed by atoms with Crippen molar-refractivity contribution < 1.29 is 18.4 Å². The van der Waals surface area contributed by atoms with Crippen LogP contribution in [0.3, 0.4) is 0 Å². The van der Waals surface area contributed by atoms with Gasteiger partial charge in [0.25, 0.3) is 5.91 Å². The van der Waals surface area contributed by atoms with Gasteiger partial charge in [0.1, 0.15) is 0 Å². The number of aryl methyl sites for hydroxylation is 1. The molecule has 0 aromatic heterocycles. The van der Waals surface area contributed by atoms with Crippen LogP contribution in [0.15, 0.2) is 24.3 Å². The molecule has 1 fully saturated rings. The molecule has 0 aliphatic carbocycles. The van der Waals surface area contributed by atoms with E-state index in [1.54, 1.807) is 6.07 Å². The smallest absolute Gasteiger partial charge is 0.321 e. The highest BCUT2D eigenvalue weighted by molar-refractivity contribution is 5.86. The van der Waals surface area contributed by atoms with E-state index in [2.05, 4.69) is 10.6 Å². The SMILES string of the molecule is Cc1ccccc1C1NC(=O)C[C@@H]1NC(=O)C(C)(F)F. The third-order valence-electron chi connectivity index (χ3n) is 3.36. The molecule has 20 heavy (non-hydrogen) atoms. The van der Waals surface area contributed by atoms with Crippen molar-refractivity contribution in [1.82, 2.24) is 10.6 Å². The normalized spacial score (nSPS) is 22.5. The highest BCUT2D eigenvalue weighted by Gasteiger charge is 2.40. The maximum Gasteiger partial charge on any atom is 0.321 e. The Morgan fingerprint density at radius 2 is 2.05 bits per heavy atom. The number of halogens is 2. The van der Waals surface area contributed by atoms with E-state index in [0.717, 1.165) is 11.1 Å². The van der Waals surface area contributed by atoms with Crippen molar-refractivity contribution in [1.29, 1.82) is 0 Å². The summed E-state index contributed by atoms with van der Waals surface area (Å²) in [4.78, 5) is 22.9. The molecule has 1 saturated heterocycles. The van der Waals surface area contributed by atoms with Crippen LogP contribution in [0.5, 0.6) is 0 Å². The second kappa shape index (κ2) is 5.19. The summed E-state index contributed by atoms with van der Waals surface area (Å²) in [5, 5.41) is 4.97. The maximum absolute atomic E-state index is 13.0. The minimum Gasteiger partial charge on any atom is -0.347 e. The first-order chi connectivity index (χ1) is 9.29. The van der Waals surface area contributed by atoms with Crippen LogP contribution >= 0.6 is 0 Å². The zero-order valence-corrected chi connectivity index (χ0v) is 11.2. The van der Waals surface area contributed by atoms with Gasteiger partial charge in [-0.15, -0.1) is 0 Å². The molecule has 2 atom stereocenters. The lowest BCUT2D eigenvalue weighted by atomic mass is 9.96. The summed E-state index contributed by atoms with van der Waals surface area (Å²) in [6.07, 6.45) is 0.000814. The minimum absolute atomic E-state index is 0.000814. The first kappa shape index (κ1) is 14.4. The van der Waals surface area contributed by atoms with Gasteiger partial charge in [0, 0.05) is 13.3 Å². The van der Waals surface area contributed by atoms with E-state index < -0.39 is 23.9 Å². The number of carbonyl (C=O) groups excluding carboxylic acids is 2. The predicted octanol–water partition coefficient (Wildman–Crippen LogP) is 1.70. The number of hydrogen-bond donors (Lipinski definition) is 2. The van der Waals surface area contributed by atoms with E-state index in [-0.39, 0.29) is 12.3 Å². The summed E-state index contributed by atoms with van der Waals surface area (Å²) in [6, 6.07) is 6.20. The molecule has 1 aromatic rings. The van der Waals surface area contributed by atoms with Gasteiger partial charge in [0.2, 0.25) is 5.91 Å². The van der Waals surface area contributed by atoms with Crippen LogP contribution in [0.1, 0.15) is 30.5 Å². The Labute approximate surface area is 115 Å². The van der Waals surface area contributed by atoms with Gasteiger partial charge in [-0.05, 0) is 18.1 Å². The Morgan fingerprint density at radius 1 is 1.40 bits per heavy atom. The third kappa shape index (κ3) is 2.95. The minimum atomic E-state index is -3.46. The third-order valence-corrected chi connectivity index (χ3v) is 3.36. The Bertz CT molecular complexity index is 540. The summed E-state index contributed by atoms with van der Waals surface area (Å²) < 4.78 is 25.9. The largest absolute Gasteiger partial charge is 0.347 e. The number of hydrogen-bond acceptors (Lipinski definition) is 2. The van der Waals surface area contributed by atoms with Crippen LogP contribution in [-0.4, -0.2) is 23.8 Å². The highest BCUT2D eigenvalue weighted by atomic mass is 19.3. The molecule has 1 heterocycles. The molecule has 1 aliphatic rings. The van der Waals surface area contributed by atoms with Gasteiger partial charge in [-0.25, -0.2) is 0 Å². The van der Waals surface area contributed by atoms with E-state index in [4.69, 9.17) is 0 Å². The van der Waals surface area contributed by atoms with E-state index in [1.165, 1.54) is 0 Å². The van der Waals surface area contributed by atoms with Gasteiger partial charge in [0.05, 0.1) is 12.1 Å². The molecule has 2 N–H and O–H groups in total. The van der Waals surface area contributed by atoms with E-state index >= 15 is 0 Å². The molecule has 1 aliphatic heterocycles. The zero-order valence-electron chi connectivity index (χ0n) is 11.2. The van der Waals surface area contributed by atoms with Crippen LogP contribution in [0.2, 0.25) is 0 Å². The summed E-state index contributed by atoms with van der Waals surface area (Å²) in [7, 11) is 0. The van der Waals surface area contributed by atoms with Gasteiger partial charge >= 0.3 is 5.92 Å². The molecule has 2 amide bonds.